The molecule has 2 aliphatic rings. The van der Waals surface area contributed by atoms with E-state index in [4.69, 9.17) is 0 Å². The van der Waals surface area contributed by atoms with Crippen molar-refractivity contribution in [2.45, 2.75) is 25.7 Å². The van der Waals surface area contributed by atoms with Crippen LogP contribution in [0.25, 0.3) is 0 Å². The fourth-order valence-electron chi connectivity index (χ4n) is 2.68. The summed E-state index contributed by atoms with van der Waals surface area (Å²) in [5.41, 5.74) is 0. The molecule has 0 aromatic rings. The van der Waals surface area contributed by atoms with Gasteiger partial charge < -0.3 is 9.80 Å². The van der Waals surface area contributed by atoms with E-state index in [0.717, 1.165) is 5.92 Å². The SMILES string of the molecule is CN1CCC(CN2CCCCC2)C1. The maximum absolute atomic E-state index is 2.67. The summed E-state index contributed by atoms with van der Waals surface area (Å²) >= 11 is 0. The van der Waals surface area contributed by atoms with E-state index in [2.05, 4.69) is 16.8 Å². The van der Waals surface area contributed by atoms with Crippen LogP contribution in [0.3, 0.4) is 0 Å². The number of hydrogen-bond donors (Lipinski definition) is 0. The molecule has 2 rings (SSSR count). The molecule has 13 heavy (non-hydrogen) atoms. The smallest absolute Gasteiger partial charge is 0.00224 e. The lowest BCUT2D eigenvalue weighted by atomic mass is 10.1. The maximum Gasteiger partial charge on any atom is 0.00224 e. The third kappa shape index (κ3) is 2.68. The summed E-state index contributed by atoms with van der Waals surface area (Å²) in [4.78, 5) is 5.14. The molecular formula is C11H22N2. The van der Waals surface area contributed by atoms with Crippen molar-refractivity contribution < 1.29 is 0 Å². The molecule has 0 spiro atoms. The average molecular weight is 182 g/mol. The minimum absolute atomic E-state index is 0.961. The second-order valence-electron chi connectivity index (χ2n) is 4.78. The van der Waals surface area contributed by atoms with Crippen LogP contribution in [0.2, 0.25) is 0 Å². The van der Waals surface area contributed by atoms with Crippen molar-refractivity contribution in [3.05, 3.63) is 0 Å². The summed E-state index contributed by atoms with van der Waals surface area (Å²) in [7, 11) is 2.25. The predicted octanol–water partition coefficient (Wildman–Crippen LogP) is 1.42. The highest BCUT2D eigenvalue weighted by Crippen LogP contribution is 2.18. The van der Waals surface area contributed by atoms with Crippen LogP contribution < -0.4 is 0 Å². The molecule has 0 aliphatic carbocycles. The van der Waals surface area contributed by atoms with Gasteiger partial charge in [-0.1, -0.05) is 6.42 Å². The van der Waals surface area contributed by atoms with E-state index in [1.54, 1.807) is 0 Å². The monoisotopic (exact) mass is 182 g/mol. The Morgan fingerprint density at radius 2 is 1.85 bits per heavy atom. The average Bonchev–Trinajstić information content (AvgIpc) is 2.53. The molecule has 0 amide bonds. The molecule has 2 saturated heterocycles. The van der Waals surface area contributed by atoms with Crippen molar-refractivity contribution in [2.75, 3.05) is 39.8 Å². The maximum atomic E-state index is 2.67. The summed E-state index contributed by atoms with van der Waals surface area (Å²) in [6.07, 6.45) is 5.75. The first-order chi connectivity index (χ1) is 6.34. The number of likely N-dealkylation sites (tertiary alicyclic amines) is 2. The van der Waals surface area contributed by atoms with E-state index in [9.17, 15) is 0 Å². The van der Waals surface area contributed by atoms with E-state index in [0.29, 0.717) is 0 Å². The van der Waals surface area contributed by atoms with Crippen LogP contribution in [0.15, 0.2) is 0 Å². The molecule has 0 saturated carbocycles. The second-order valence-corrected chi connectivity index (χ2v) is 4.78. The topological polar surface area (TPSA) is 6.48 Å². The van der Waals surface area contributed by atoms with Gasteiger partial charge in [-0.3, -0.25) is 0 Å². The Bertz CT molecular complexity index is 149. The van der Waals surface area contributed by atoms with Gasteiger partial charge in [-0.25, -0.2) is 0 Å². The highest BCUT2D eigenvalue weighted by atomic mass is 15.2. The van der Waals surface area contributed by atoms with Crippen molar-refractivity contribution in [3.8, 4) is 0 Å². The first-order valence-corrected chi connectivity index (χ1v) is 5.75. The molecule has 76 valence electrons. The number of nitrogens with zero attached hydrogens (tertiary/aromatic N) is 2. The fraction of sp³-hybridized carbons (Fsp3) is 1.00. The molecule has 2 fully saturated rings. The van der Waals surface area contributed by atoms with Crippen LogP contribution in [0.5, 0.6) is 0 Å². The Labute approximate surface area is 81.9 Å². The Morgan fingerprint density at radius 3 is 2.46 bits per heavy atom. The lowest BCUT2D eigenvalue weighted by molar-refractivity contribution is 0.196. The van der Waals surface area contributed by atoms with Crippen LogP contribution >= 0.6 is 0 Å². The Balaban J connectivity index is 1.71. The minimum atomic E-state index is 0.961. The molecule has 1 atom stereocenters. The summed E-state index contributed by atoms with van der Waals surface area (Å²) in [5, 5.41) is 0. The highest BCUT2D eigenvalue weighted by Gasteiger charge is 2.22. The predicted molar refractivity (Wildman–Crippen MR) is 55.9 cm³/mol. The van der Waals surface area contributed by atoms with E-state index in [1.165, 1.54) is 58.4 Å². The van der Waals surface area contributed by atoms with Crippen molar-refractivity contribution in [3.63, 3.8) is 0 Å². The van der Waals surface area contributed by atoms with Crippen molar-refractivity contribution in [2.24, 2.45) is 5.92 Å². The van der Waals surface area contributed by atoms with Gasteiger partial charge in [-0.05, 0) is 51.9 Å². The number of piperidine rings is 1. The highest BCUT2D eigenvalue weighted by molar-refractivity contribution is 4.77. The molecule has 0 aromatic heterocycles. The van der Waals surface area contributed by atoms with E-state index in [-0.39, 0.29) is 0 Å². The van der Waals surface area contributed by atoms with Gasteiger partial charge in [-0.15, -0.1) is 0 Å². The third-order valence-electron chi connectivity index (χ3n) is 3.45. The van der Waals surface area contributed by atoms with Crippen molar-refractivity contribution >= 4 is 0 Å². The van der Waals surface area contributed by atoms with Gasteiger partial charge in [0.15, 0.2) is 0 Å². The quantitative estimate of drug-likeness (QED) is 0.637. The Morgan fingerprint density at radius 1 is 1.08 bits per heavy atom. The zero-order valence-corrected chi connectivity index (χ0v) is 8.84. The number of hydrogen-bond acceptors (Lipinski definition) is 2. The zero-order chi connectivity index (χ0) is 9.10. The van der Waals surface area contributed by atoms with Gasteiger partial charge in [0.25, 0.3) is 0 Å². The van der Waals surface area contributed by atoms with E-state index < -0.39 is 0 Å². The Kier molecular flexibility index (Phi) is 3.23. The molecular weight excluding hydrogens is 160 g/mol. The first kappa shape index (κ1) is 9.47. The molecule has 0 aromatic carbocycles. The molecule has 2 heterocycles. The van der Waals surface area contributed by atoms with Crippen LogP contribution in [-0.4, -0.2) is 49.6 Å². The van der Waals surface area contributed by atoms with E-state index in [1.807, 2.05) is 0 Å². The van der Waals surface area contributed by atoms with E-state index >= 15 is 0 Å². The van der Waals surface area contributed by atoms with Gasteiger partial charge in [-0.2, -0.15) is 0 Å². The van der Waals surface area contributed by atoms with Crippen LogP contribution in [-0.2, 0) is 0 Å². The Hall–Kier alpha value is -0.0800. The second kappa shape index (κ2) is 4.43. The van der Waals surface area contributed by atoms with Crippen molar-refractivity contribution in [1.82, 2.24) is 9.80 Å². The summed E-state index contributed by atoms with van der Waals surface area (Å²) in [6, 6.07) is 0. The fourth-order valence-corrected chi connectivity index (χ4v) is 2.68. The van der Waals surface area contributed by atoms with Gasteiger partial charge >= 0.3 is 0 Å². The third-order valence-corrected chi connectivity index (χ3v) is 3.45. The van der Waals surface area contributed by atoms with Gasteiger partial charge in [0.1, 0.15) is 0 Å². The van der Waals surface area contributed by atoms with Crippen LogP contribution in [0.4, 0.5) is 0 Å². The molecule has 2 aliphatic heterocycles. The molecule has 0 N–H and O–H groups in total. The van der Waals surface area contributed by atoms with Crippen molar-refractivity contribution in [1.29, 1.82) is 0 Å². The largest absolute Gasteiger partial charge is 0.306 e. The molecule has 0 radical (unpaired) electrons. The van der Waals surface area contributed by atoms with Gasteiger partial charge in [0.2, 0.25) is 0 Å². The zero-order valence-electron chi connectivity index (χ0n) is 8.84. The molecule has 2 nitrogen and oxygen atoms in total. The standard InChI is InChI=1S/C11H22N2/c1-12-8-5-11(9-12)10-13-6-3-2-4-7-13/h11H,2-10H2,1H3. The van der Waals surface area contributed by atoms with Crippen LogP contribution in [0, 0.1) is 5.92 Å². The minimum Gasteiger partial charge on any atom is -0.306 e. The molecule has 0 bridgehead atoms. The van der Waals surface area contributed by atoms with Crippen LogP contribution in [0.1, 0.15) is 25.7 Å². The summed E-state index contributed by atoms with van der Waals surface area (Å²) < 4.78 is 0. The normalized spacial score (nSPS) is 32.5. The molecule has 1 unspecified atom stereocenters. The summed E-state index contributed by atoms with van der Waals surface area (Å²) in [5.74, 6) is 0.961. The lowest BCUT2D eigenvalue weighted by Crippen LogP contribution is -2.34. The first-order valence-electron chi connectivity index (χ1n) is 5.75. The number of rotatable bonds is 2. The summed E-state index contributed by atoms with van der Waals surface area (Å²) in [6.45, 7) is 6.74. The van der Waals surface area contributed by atoms with Gasteiger partial charge in [0.05, 0.1) is 0 Å². The van der Waals surface area contributed by atoms with Gasteiger partial charge in [0, 0.05) is 13.1 Å². The molecule has 2 heteroatoms. The lowest BCUT2D eigenvalue weighted by Gasteiger charge is -2.28.